The van der Waals surface area contributed by atoms with Crippen LogP contribution in [0.5, 0.6) is 0 Å². The summed E-state index contributed by atoms with van der Waals surface area (Å²) in [4.78, 5) is 43.3. The molecule has 4 rings (SSSR count). The third-order valence-electron chi connectivity index (χ3n) is 6.09. The zero-order chi connectivity index (χ0) is 24.2. The second-order valence-corrected chi connectivity index (χ2v) is 9.12. The largest absolute Gasteiger partial charge is 0.466 e. The Labute approximate surface area is 205 Å². The van der Waals surface area contributed by atoms with E-state index in [0.717, 1.165) is 21.2 Å². The molecule has 1 aliphatic heterocycles. The fourth-order valence-electron chi connectivity index (χ4n) is 4.26. The smallest absolute Gasteiger partial charge is 0.302 e. The molecule has 2 N–H and O–H groups in total. The lowest BCUT2D eigenvalue weighted by Crippen LogP contribution is -2.43. The number of nitrogens with zero attached hydrogens (tertiary/aromatic N) is 5. The van der Waals surface area contributed by atoms with E-state index in [-0.39, 0.29) is 30.3 Å². The number of ether oxygens (including phenoxy) is 1. The van der Waals surface area contributed by atoms with E-state index in [4.69, 9.17) is 9.73 Å². The Hall–Kier alpha value is -3.21. The molecular weight excluding hydrogens is 502 g/mol. The summed E-state index contributed by atoms with van der Waals surface area (Å²) in [6, 6.07) is 3.79. The van der Waals surface area contributed by atoms with Crippen molar-refractivity contribution in [3.05, 3.63) is 41.2 Å². The number of nitrogens with one attached hydrogen (secondary N) is 2. The van der Waals surface area contributed by atoms with Gasteiger partial charge >= 0.3 is 5.97 Å². The van der Waals surface area contributed by atoms with Gasteiger partial charge in [0.15, 0.2) is 0 Å². The van der Waals surface area contributed by atoms with E-state index in [9.17, 15) is 9.59 Å². The molecular formula is C23H28BrN7O3. The van der Waals surface area contributed by atoms with Gasteiger partial charge in [-0.15, -0.1) is 0 Å². The highest BCUT2D eigenvalue weighted by atomic mass is 79.9. The molecule has 1 aromatic carbocycles. The Balaban J connectivity index is 1.60. The molecule has 0 spiro atoms. The van der Waals surface area contributed by atoms with E-state index in [0.29, 0.717) is 37.6 Å². The number of carbonyl (C=O) groups excluding carboxylic acids is 2. The van der Waals surface area contributed by atoms with Gasteiger partial charge in [0.2, 0.25) is 11.9 Å². The van der Waals surface area contributed by atoms with Crippen molar-refractivity contribution in [2.45, 2.75) is 26.7 Å². The number of fused-ring (bicyclic) bond motifs is 1. The SMILES string of the molecule is CC[C@H](C(=O)N1CCN/C1=N/c1ccc2[nH]cnc2c1Br)C(COC(C)=O)Cc1cncn1C. The van der Waals surface area contributed by atoms with E-state index in [2.05, 4.69) is 36.2 Å². The predicted octanol–water partition coefficient (Wildman–Crippen LogP) is 2.93. The van der Waals surface area contributed by atoms with Crippen LogP contribution in [0, 0.1) is 11.8 Å². The molecule has 0 aliphatic carbocycles. The molecule has 2 atom stereocenters. The molecule has 1 aliphatic rings. The number of aryl methyl sites for hydroxylation is 1. The molecule has 1 unspecified atom stereocenters. The number of halogens is 1. The molecule has 2 aromatic heterocycles. The maximum absolute atomic E-state index is 13.7. The lowest BCUT2D eigenvalue weighted by Gasteiger charge is -2.28. The number of benzene rings is 1. The Morgan fingerprint density at radius 3 is 2.88 bits per heavy atom. The standard InChI is InChI=1S/C23H28BrN7O3/c1-4-17(15(11-34-14(2)32)9-16-10-25-13-30(16)3)22(33)31-8-7-26-23(31)29-18-5-6-19-21(20(18)24)28-12-27-19/h5-6,10,12-13,15,17H,4,7-9,11H2,1-3H3,(H,26,29)(H,27,28)/t15?,17-/m0/s1. The van der Waals surface area contributed by atoms with Gasteiger partial charge in [0.05, 0.1) is 34.9 Å². The molecule has 0 bridgehead atoms. The first kappa shape index (κ1) is 23.9. The minimum atomic E-state index is -0.360. The van der Waals surface area contributed by atoms with E-state index < -0.39 is 0 Å². The average Bonchev–Trinajstić information content (AvgIpc) is 3.56. The highest BCUT2D eigenvalue weighted by Crippen LogP contribution is 2.32. The Kier molecular flexibility index (Phi) is 7.30. The van der Waals surface area contributed by atoms with Crippen LogP contribution in [-0.2, 0) is 27.8 Å². The fraction of sp³-hybridized carbons (Fsp3) is 0.435. The number of aromatic nitrogens is 4. The molecule has 10 nitrogen and oxygen atoms in total. The van der Waals surface area contributed by atoms with Gasteiger partial charge in [-0.2, -0.15) is 0 Å². The number of hydrogen-bond donors (Lipinski definition) is 2. The van der Waals surface area contributed by atoms with Crippen LogP contribution >= 0.6 is 15.9 Å². The van der Waals surface area contributed by atoms with Crippen molar-refractivity contribution in [1.29, 1.82) is 0 Å². The first-order valence-corrected chi connectivity index (χ1v) is 12.0. The third kappa shape index (κ3) is 4.98. The van der Waals surface area contributed by atoms with Crippen molar-refractivity contribution in [3.63, 3.8) is 0 Å². The average molecular weight is 530 g/mol. The number of guanidine groups is 1. The van der Waals surface area contributed by atoms with Gasteiger partial charge in [-0.05, 0) is 40.9 Å². The zero-order valence-electron chi connectivity index (χ0n) is 19.4. The molecule has 180 valence electrons. The topological polar surface area (TPSA) is 118 Å². The summed E-state index contributed by atoms with van der Waals surface area (Å²) in [6.45, 7) is 4.66. The summed E-state index contributed by atoms with van der Waals surface area (Å²) in [7, 11) is 1.91. The number of rotatable bonds is 8. The van der Waals surface area contributed by atoms with E-state index in [1.54, 1.807) is 23.8 Å². The number of aliphatic imine (C=N–C) groups is 1. The van der Waals surface area contributed by atoms with E-state index in [1.807, 2.05) is 30.7 Å². The predicted molar refractivity (Wildman–Crippen MR) is 131 cm³/mol. The number of esters is 1. The van der Waals surface area contributed by atoms with Gasteiger partial charge in [-0.25, -0.2) is 15.0 Å². The van der Waals surface area contributed by atoms with Crippen LogP contribution in [0.25, 0.3) is 11.0 Å². The van der Waals surface area contributed by atoms with Gasteiger partial charge in [0, 0.05) is 50.8 Å². The summed E-state index contributed by atoms with van der Waals surface area (Å²) in [5.74, 6) is -0.434. The molecule has 1 amide bonds. The molecule has 0 saturated carbocycles. The highest BCUT2D eigenvalue weighted by molar-refractivity contribution is 9.10. The number of hydrogen-bond acceptors (Lipinski definition) is 6. The number of aromatic amines is 1. The zero-order valence-corrected chi connectivity index (χ0v) is 21.0. The van der Waals surface area contributed by atoms with Gasteiger partial charge in [0.1, 0.15) is 5.52 Å². The van der Waals surface area contributed by atoms with Crippen molar-refractivity contribution in [1.82, 2.24) is 29.7 Å². The lowest BCUT2D eigenvalue weighted by molar-refractivity contribution is -0.145. The molecule has 3 heterocycles. The van der Waals surface area contributed by atoms with Crippen LogP contribution in [0.15, 0.2) is 40.4 Å². The Morgan fingerprint density at radius 1 is 1.35 bits per heavy atom. The summed E-state index contributed by atoms with van der Waals surface area (Å²) >= 11 is 3.59. The summed E-state index contributed by atoms with van der Waals surface area (Å²) in [5.41, 5.74) is 3.34. The Morgan fingerprint density at radius 2 is 2.18 bits per heavy atom. The van der Waals surface area contributed by atoms with Gasteiger partial charge in [0.25, 0.3) is 0 Å². The van der Waals surface area contributed by atoms with Gasteiger partial charge < -0.3 is 19.6 Å². The number of amides is 1. The van der Waals surface area contributed by atoms with Gasteiger partial charge in [-0.3, -0.25) is 14.5 Å². The van der Waals surface area contributed by atoms with Crippen molar-refractivity contribution in [2.75, 3.05) is 19.7 Å². The molecule has 0 radical (unpaired) electrons. The van der Waals surface area contributed by atoms with E-state index in [1.165, 1.54) is 6.92 Å². The maximum Gasteiger partial charge on any atom is 0.302 e. The molecule has 1 saturated heterocycles. The van der Waals surface area contributed by atoms with Crippen molar-refractivity contribution in [3.8, 4) is 0 Å². The van der Waals surface area contributed by atoms with Crippen LogP contribution in [0.4, 0.5) is 5.69 Å². The summed E-state index contributed by atoms with van der Waals surface area (Å²) in [6.07, 6.45) is 6.32. The molecule has 1 fully saturated rings. The Bertz CT molecular complexity index is 1220. The quantitative estimate of drug-likeness (QED) is 0.433. The van der Waals surface area contributed by atoms with Crippen molar-refractivity contribution in [2.24, 2.45) is 23.9 Å². The van der Waals surface area contributed by atoms with Crippen molar-refractivity contribution >= 4 is 50.5 Å². The van der Waals surface area contributed by atoms with Crippen molar-refractivity contribution < 1.29 is 14.3 Å². The molecule has 11 heteroatoms. The van der Waals surface area contributed by atoms with E-state index >= 15 is 0 Å². The van der Waals surface area contributed by atoms with Crippen LogP contribution < -0.4 is 5.32 Å². The fourth-order valence-corrected chi connectivity index (χ4v) is 4.80. The first-order valence-electron chi connectivity index (χ1n) is 11.2. The summed E-state index contributed by atoms with van der Waals surface area (Å²) < 4.78 is 8.04. The summed E-state index contributed by atoms with van der Waals surface area (Å²) in [5, 5.41) is 3.23. The molecule has 3 aromatic rings. The highest BCUT2D eigenvalue weighted by Gasteiger charge is 2.35. The third-order valence-corrected chi connectivity index (χ3v) is 6.87. The van der Waals surface area contributed by atoms with Crippen LogP contribution in [0.3, 0.4) is 0 Å². The number of H-pyrrole nitrogens is 1. The lowest BCUT2D eigenvalue weighted by atomic mass is 9.85. The van der Waals surface area contributed by atoms with Crippen LogP contribution in [0.1, 0.15) is 26.0 Å². The minimum Gasteiger partial charge on any atom is -0.466 e. The monoisotopic (exact) mass is 529 g/mol. The minimum absolute atomic E-state index is 0.0393. The second kappa shape index (κ2) is 10.4. The maximum atomic E-state index is 13.7. The number of carbonyl (C=O) groups is 2. The molecule has 34 heavy (non-hydrogen) atoms. The first-order chi connectivity index (χ1) is 16.4. The number of imidazole rings is 2. The second-order valence-electron chi connectivity index (χ2n) is 8.33. The van der Waals surface area contributed by atoms with Crippen LogP contribution in [-0.4, -0.2) is 62.0 Å². The normalized spacial score (nSPS) is 16.6. The van der Waals surface area contributed by atoms with Gasteiger partial charge in [-0.1, -0.05) is 6.92 Å². The van der Waals surface area contributed by atoms with Crippen LogP contribution in [0.2, 0.25) is 0 Å².